The Balaban J connectivity index is 1.82. The molecule has 4 nitrogen and oxygen atoms in total. The van der Waals surface area contributed by atoms with Crippen molar-refractivity contribution >= 4 is 54.6 Å². The highest BCUT2D eigenvalue weighted by Crippen LogP contribution is 2.36. The molecule has 0 aliphatic carbocycles. The summed E-state index contributed by atoms with van der Waals surface area (Å²) in [5.41, 5.74) is 1.85. The molecule has 1 amide bonds. The van der Waals surface area contributed by atoms with Gasteiger partial charge in [-0.3, -0.25) is 4.79 Å². The highest BCUT2D eigenvalue weighted by atomic mass is 79.9. The van der Waals surface area contributed by atoms with Gasteiger partial charge in [-0.2, -0.15) is 5.26 Å². The number of ether oxygens (including phenoxy) is 1. The second-order valence-corrected chi connectivity index (χ2v) is 8.36. The molecule has 0 radical (unpaired) electrons. The molecule has 0 saturated carbocycles. The maximum atomic E-state index is 12.1. The van der Waals surface area contributed by atoms with Crippen LogP contribution in [-0.4, -0.2) is 24.9 Å². The lowest BCUT2D eigenvalue weighted by Crippen LogP contribution is -2.22. The van der Waals surface area contributed by atoms with E-state index < -0.39 is 0 Å². The minimum Gasteiger partial charge on any atom is -0.487 e. The van der Waals surface area contributed by atoms with Gasteiger partial charge in [0.2, 0.25) is 0 Å². The number of hydrogen-bond acceptors (Lipinski definition) is 3. The molecule has 29 heavy (non-hydrogen) atoms. The minimum absolute atomic E-state index is 0.0682. The molecule has 6 heteroatoms. The highest BCUT2D eigenvalue weighted by molar-refractivity contribution is 9.11. The standard InChI is InChI=1S/C23H18Br2N2O2/c1-27(2)23(28)19(13-26)10-16-11-20(24)22(21(25)12-16)29-14-15-7-8-17-5-3-4-6-18(17)9-15/h3-12H,14H2,1-2H3/b19-10-. The van der Waals surface area contributed by atoms with Gasteiger partial charge >= 0.3 is 0 Å². The highest BCUT2D eigenvalue weighted by Gasteiger charge is 2.13. The van der Waals surface area contributed by atoms with E-state index in [1.807, 2.05) is 36.4 Å². The van der Waals surface area contributed by atoms with Gasteiger partial charge in [0.15, 0.2) is 0 Å². The number of hydrogen-bond donors (Lipinski definition) is 0. The Labute approximate surface area is 186 Å². The summed E-state index contributed by atoms with van der Waals surface area (Å²) in [4.78, 5) is 13.4. The van der Waals surface area contributed by atoms with Crippen LogP contribution in [-0.2, 0) is 11.4 Å². The van der Waals surface area contributed by atoms with Gasteiger partial charge in [0.1, 0.15) is 24.0 Å². The number of carbonyl (C=O) groups excluding carboxylic acids is 1. The topological polar surface area (TPSA) is 53.3 Å². The van der Waals surface area contributed by atoms with Gasteiger partial charge in [0, 0.05) is 14.1 Å². The molecule has 3 aromatic rings. The van der Waals surface area contributed by atoms with E-state index in [2.05, 4.69) is 56.1 Å². The largest absolute Gasteiger partial charge is 0.487 e. The molecule has 3 aromatic carbocycles. The smallest absolute Gasteiger partial charge is 0.264 e. The third-order valence-corrected chi connectivity index (χ3v) is 5.46. The number of fused-ring (bicyclic) bond motifs is 1. The summed E-state index contributed by atoms with van der Waals surface area (Å²) in [7, 11) is 3.23. The number of benzene rings is 3. The Morgan fingerprint density at radius 3 is 2.34 bits per heavy atom. The van der Waals surface area contributed by atoms with Crippen LogP contribution in [0.4, 0.5) is 0 Å². The summed E-state index contributed by atoms with van der Waals surface area (Å²) in [6.07, 6.45) is 1.56. The van der Waals surface area contributed by atoms with Gasteiger partial charge in [0.25, 0.3) is 5.91 Å². The van der Waals surface area contributed by atoms with Crippen LogP contribution in [0.1, 0.15) is 11.1 Å². The Morgan fingerprint density at radius 1 is 1.07 bits per heavy atom. The van der Waals surface area contributed by atoms with Crippen LogP contribution in [0.15, 0.2) is 69.1 Å². The second-order valence-electron chi connectivity index (χ2n) is 6.65. The fraction of sp³-hybridized carbons (Fsp3) is 0.130. The van der Waals surface area contributed by atoms with E-state index in [9.17, 15) is 10.1 Å². The minimum atomic E-state index is -0.337. The third-order valence-electron chi connectivity index (χ3n) is 4.29. The molecule has 0 heterocycles. The van der Waals surface area contributed by atoms with Crippen LogP contribution in [0.2, 0.25) is 0 Å². The quantitative estimate of drug-likeness (QED) is 0.313. The van der Waals surface area contributed by atoms with Crippen molar-refractivity contribution in [2.24, 2.45) is 0 Å². The van der Waals surface area contributed by atoms with E-state index in [1.165, 1.54) is 15.7 Å². The van der Waals surface area contributed by atoms with Crippen LogP contribution in [0, 0.1) is 11.3 Å². The van der Waals surface area contributed by atoms with Crippen LogP contribution < -0.4 is 4.74 Å². The molecule has 0 atom stereocenters. The zero-order valence-electron chi connectivity index (χ0n) is 15.9. The number of carbonyl (C=O) groups is 1. The van der Waals surface area contributed by atoms with Crippen LogP contribution in [0.25, 0.3) is 16.8 Å². The predicted octanol–water partition coefficient (Wildman–Crippen LogP) is 5.94. The zero-order chi connectivity index (χ0) is 21.0. The van der Waals surface area contributed by atoms with Crippen molar-refractivity contribution in [1.82, 2.24) is 4.90 Å². The molecule has 0 saturated heterocycles. The molecule has 0 aliphatic heterocycles. The van der Waals surface area contributed by atoms with Crippen LogP contribution >= 0.6 is 31.9 Å². The molecule has 0 fully saturated rings. The van der Waals surface area contributed by atoms with Crippen molar-refractivity contribution < 1.29 is 9.53 Å². The summed E-state index contributed by atoms with van der Waals surface area (Å²) in [5, 5.41) is 11.6. The number of likely N-dealkylation sites (N-methyl/N-ethyl adjacent to an activating group) is 1. The van der Waals surface area contributed by atoms with Crippen molar-refractivity contribution in [1.29, 1.82) is 5.26 Å². The fourth-order valence-corrected chi connectivity index (χ4v) is 4.28. The lowest BCUT2D eigenvalue weighted by Gasteiger charge is -2.13. The van der Waals surface area contributed by atoms with Crippen molar-refractivity contribution in [2.75, 3.05) is 14.1 Å². The van der Waals surface area contributed by atoms with Gasteiger partial charge in [0.05, 0.1) is 8.95 Å². The molecule has 0 aromatic heterocycles. The molecule has 146 valence electrons. The maximum Gasteiger partial charge on any atom is 0.264 e. The van der Waals surface area contributed by atoms with Crippen molar-refractivity contribution in [2.45, 2.75) is 6.61 Å². The molecule has 0 unspecified atom stereocenters. The van der Waals surface area contributed by atoms with E-state index in [0.29, 0.717) is 17.9 Å². The monoisotopic (exact) mass is 512 g/mol. The first-order valence-corrected chi connectivity index (χ1v) is 10.4. The summed E-state index contributed by atoms with van der Waals surface area (Å²) < 4.78 is 7.48. The molecule has 0 aliphatic rings. The number of halogens is 2. The van der Waals surface area contributed by atoms with E-state index in [-0.39, 0.29) is 11.5 Å². The molecule has 3 rings (SSSR count). The summed E-state index contributed by atoms with van der Waals surface area (Å²) in [6.45, 7) is 0.416. The van der Waals surface area contributed by atoms with Gasteiger partial charge in [-0.25, -0.2) is 0 Å². The van der Waals surface area contributed by atoms with Crippen LogP contribution in [0.5, 0.6) is 5.75 Å². The van der Waals surface area contributed by atoms with E-state index in [0.717, 1.165) is 14.5 Å². The Morgan fingerprint density at radius 2 is 1.72 bits per heavy atom. The fourth-order valence-electron chi connectivity index (χ4n) is 2.83. The van der Waals surface area contributed by atoms with Crippen molar-refractivity contribution in [3.63, 3.8) is 0 Å². The summed E-state index contributed by atoms with van der Waals surface area (Å²) in [6, 6.07) is 20.0. The molecular weight excluding hydrogens is 496 g/mol. The van der Waals surface area contributed by atoms with Gasteiger partial charge in [-0.15, -0.1) is 0 Å². The molecule has 0 N–H and O–H groups in total. The summed E-state index contributed by atoms with van der Waals surface area (Å²) in [5.74, 6) is 0.323. The lowest BCUT2D eigenvalue weighted by molar-refractivity contribution is -0.124. The Bertz CT molecular complexity index is 1120. The maximum absolute atomic E-state index is 12.1. The first kappa shape index (κ1) is 21.1. The predicted molar refractivity (Wildman–Crippen MR) is 122 cm³/mol. The van der Waals surface area contributed by atoms with Crippen molar-refractivity contribution in [3.8, 4) is 11.8 Å². The molecular formula is C23H18Br2N2O2. The Hall–Kier alpha value is -2.62. The molecule has 0 bridgehead atoms. The zero-order valence-corrected chi connectivity index (χ0v) is 19.1. The van der Waals surface area contributed by atoms with E-state index in [4.69, 9.17) is 4.74 Å². The van der Waals surface area contributed by atoms with Gasteiger partial charge < -0.3 is 9.64 Å². The normalized spacial score (nSPS) is 11.2. The number of rotatable bonds is 5. The first-order valence-electron chi connectivity index (χ1n) is 8.82. The Kier molecular flexibility index (Phi) is 6.73. The van der Waals surface area contributed by atoms with Crippen molar-refractivity contribution in [3.05, 3.63) is 80.2 Å². The lowest BCUT2D eigenvalue weighted by atomic mass is 10.1. The molecule has 0 spiro atoms. The van der Waals surface area contributed by atoms with Gasteiger partial charge in [-0.05, 0) is 78.0 Å². The average Bonchev–Trinajstić information content (AvgIpc) is 2.70. The first-order chi connectivity index (χ1) is 13.9. The van der Waals surface area contributed by atoms with E-state index >= 15 is 0 Å². The third kappa shape index (κ3) is 5.06. The van der Waals surface area contributed by atoms with E-state index in [1.54, 1.807) is 20.2 Å². The number of nitriles is 1. The second kappa shape index (κ2) is 9.25. The van der Waals surface area contributed by atoms with Crippen LogP contribution in [0.3, 0.4) is 0 Å². The SMILES string of the molecule is CN(C)C(=O)/C(C#N)=C\c1cc(Br)c(OCc2ccc3ccccc3c2)c(Br)c1. The summed E-state index contributed by atoms with van der Waals surface area (Å²) >= 11 is 7.05. The number of nitrogens with zero attached hydrogens (tertiary/aromatic N) is 2. The number of amides is 1. The average molecular weight is 514 g/mol. The van der Waals surface area contributed by atoms with Gasteiger partial charge in [-0.1, -0.05) is 36.4 Å².